The van der Waals surface area contributed by atoms with Gasteiger partial charge in [0.15, 0.2) is 6.61 Å². The van der Waals surface area contributed by atoms with Gasteiger partial charge < -0.3 is 9.64 Å². The fraction of sp³-hybridized carbons (Fsp3) is 0.263. The summed E-state index contributed by atoms with van der Waals surface area (Å²) in [4.78, 5) is 26.9. The van der Waals surface area contributed by atoms with Crippen LogP contribution in [0.1, 0.15) is 22.8 Å². The molecule has 0 saturated heterocycles. The van der Waals surface area contributed by atoms with E-state index in [1.165, 1.54) is 28.8 Å². The molecule has 0 atom stereocenters. The molecule has 0 N–H and O–H groups in total. The van der Waals surface area contributed by atoms with Crippen molar-refractivity contribution in [2.45, 2.75) is 18.4 Å². The van der Waals surface area contributed by atoms with Crippen LogP contribution in [0.2, 0.25) is 5.02 Å². The van der Waals surface area contributed by atoms with Crippen molar-refractivity contribution in [3.05, 3.63) is 64.4 Å². The van der Waals surface area contributed by atoms with Gasteiger partial charge in [0, 0.05) is 18.0 Å². The average molecular weight is 396 g/mol. The number of rotatable bonds is 7. The molecule has 4 nitrogen and oxygen atoms in total. The number of carbonyl (C=O) groups is 2. The number of esters is 1. The van der Waals surface area contributed by atoms with Gasteiger partial charge in [-0.15, -0.1) is 11.8 Å². The van der Waals surface area contributed by atoms with Crippen molar-refractivity contribution in [2.24, 2.45) is 0 Å². The molecule has 26 heavy (non-hydrogen) atoms. The molecule has 2 aromatic rings. The number of halogens is 2. The van der Waals surface area contributed by atoms with E-state index in [1.54, 1.807) is 37.3 Å². The summed E-state index contributed by atoms with van der Waals surface area (Å²) in [6.45, 7) is 2.06. The number of nitrogens with zero attached hydrogens (tertiary/aromatic N) is 1. The summed E-state index contributed by atoms with van der Waals surface area (Å²) in [5.74, 6) is -1.37. The minimum Gasteiger partial charge on any atom is -0.452 e. The molecule has 0 heterocycles. The lowest BCUT2D eigenvalue weighted by molar-refractivity contribution is -0.134. The number of thioether (sulfide) groups is 1. The van der Waals surface area contributed by atoms with Crippen molar-refractivity contribution in [1.29, 1.82) is 0 Å². The fourth-order valence-corrected chi connectivity index (χ4v) is 2.95. The normalized spacial score (nSPS) is 10.5. The van der Waals surface area contributed by atoms with Gasteiger partial charge in [0.05, 0.1) is 10.6 Å². The van der Waals surface area contributed by atoms with E-state index in [-0.39, 0.29) is 28.9 Å². The lowest BCUT2D eigenvalue weighted by Gasteiger charge is -2.21. The molecule has 7 heteroatoms. The molecule has 0 spiro atoms. The Kier molecular flexibility index (Phi) is 7.48. The summed E-state index contributed by atoms with van der Waals surface area (Å²) in [6, 6.07) is 11.1. The molecule has 138 valence electrons. The summed E-state index contributed by atoms with van der Waals surface area (Å²) >= 11 is 7.51. The minimum absolute atomic E-state index is 0.222. The lowest BCUT2D eigenvalue weighted by Crippen LogP contribution is -2.34. The van der Waals surface area contributed by atoms with Crippen LogP contribution in [0.3, 0.4) is 0 Å². The first kappa shape index (κ1) is 20.3. The summed E-state index contributed by atoms with van der Waals surface area (Å²) < 4.78 is 18.4. The van der Waals surface area contributed by atoms with Gasteiger partial charge in [0.1, 0.15) is 5.82 Å². The third-order valence-corrected chi connectivity index (χ3v) is 4.77. The molecule has 0 aliphatic carbocycles. The molecule has 0 saturated carbocycles. The third kappa shape index (κ3) is 5.47. The molecule has 1 amide bonds. The van der Waals surface area contributed by atoms with Gasteiger partial charge in [-0.05, 0) is 49.1 Å². The highest BCUT2D eigenvalue weighted by atomic mass is 35.5. The Balaban J connectivity index is 1.98. The van der Waals surface area contributed by atoms with Crippen molar-refractivity contribution in [1.82, 2.24) is 4.90 Å². The number of hydrogen-bond acceptors (Lipinski definition) is 4. The van der Waals surface area contributed by atoms with Crippen LogP contribution >= 0.6 is 23.4 Å². The van der Waals surface area contributed by atoms with Gasteiger partial charge in [0.2, 0.25) is 0 Å². The Morgan fingerprint density at radius 1 is 1.23 bits per heavy atom. The molecule has 2 aromatic carbocycles. The summed E-state index contributed by atoms with van der Waals surface area (Å²) in [7, 11) is 0. The summed E-state index contributed by atoms with van der Waals surface area (Å²) in [5.41, 5.74) is 0.890. The van der Waals surface area contributed by atoms with Crippen LogP contribution in [-0.2, 0) is 16.1 Å². The standard InChI is InChI=1S/C19H19ClFNO3S/c1-3-22(11-13-5-4-6-14(21)9-13)18(23)12-25-19(24)16-10-15(26-2)7-8-17(16)20/h4-10H,3,11-12H2,1-2H3. The number of carbonyl (C=O) groups excluding carboxylic acids is 2. The Morgan fingerprint density at radius 3 is 2.65 bits per heavy atom. The number of hydrogen-bond donors (Lipinski definition) is 0. The van der Waals surface area contributed by atoms with Gasteiger partial charge in [-0.25, -0.2) is 9.18 Å². The zero-order valence-corrected chi connectivity index (χ0v) is 16.1. The minimum atomic E-state index is -0.652. The van der Waals surface area contributed by atoms with Gasteiger partial charge in [-0.2, -0.15) is 0 Å². The van der Waals surface area contributed by atoms with Gasteiger partial charge in [-0.3, -0.25) is 4.79 Å². The Bertz CT molecular complexity index is 800. The topological polar surface area (TPSA) is 46.6 Å². The fourth-order valence-electron chi connectivity index (χ4n) is 2.32. The number of benzene rings is 2. The first-order chi connectivity index (χ1) is 12.4. The molecular formula is C19H19ClFNO3S. The van der Waals surface area contributed by atoms with Crippen molar-refractivity contribution in [2.75, 3.05) is 19.4 Å². The quantitative estimate of drug-likeness (QED) is 0.514. The SMILES string of the molecule is CCN(Cc1cccc(F)c1)C(=O)COC(=O)c1cc(SC)ccc1Cl. The zero-order valence-electron chi connectivity index (χ0n) is 14.5. The van der Waals surface area contributed by atoms with Crippen molar-refractivity contribution >= 4 is 35.2 Å². The van der Waals surface area contributed by atoms with Crippen LogP contribution in [0.25, 0.3) is 0 Å². The first-order valence-electron chi connectivity index (χ1n) is 7.97. The van der Waals surface area contributed by atoms with Crippen LogP contribution in [0.4, 0.5) is 4.39 Å². The Labute approximate surface area is 161 Å². The van der Waals surface area contributed by atoms with E-state index in [2.05, 4.69) is 0 Å². The number of amides is 1. The van der Waals surface area contributed by atoms with Crippen molar-refractivity contribution in [3.8, 4) is 0 Å². The van der Waals surface area contributed by atoms with E-state index in [1.807, 2.05) is 6.26 Å². The zero-order chi connectivity index (χ0) is 19.1. The van der Waals surface area contributed by atoms with Crippen molar-refractivity contribution in [3.63, 3.8) is 0 Å². The molecule has 0 bridgehead atoms. The first-order valence-corrected chi connectivity index (χ1v) is 9.57. The molecule has 2 rings (SSSR count). The second kappa shape index (κ2) is 9.59. The Hall–Kier alpha value is -2.05. The van der Waals surface area contributed by atoms with Gasteiger partial charge in [0.25, 0.3) is 5.91 Å². The largest absolute Gasteiger partial charge is 0.452 e. The third-order valence-electron chi connectivity index (χ3n) is 3.72. The van der Waals surface area contributed by atoms with Crippen LogP contribution in [0.15, 0.2) is 47.4 Å². The molecule has 0 aliphatic rings. The second-order valence-corrected chi connectivity index (χ2v) is 6.75. The molecule has 0 aliphatic heterocycles. The van der Waals surface area contributed by atoms with E-state index in [9.17, 15) is 14.0 Å². The highest BCUT2D eigenvalue weighted by molar-refractivity contribution is 7.98. The molecule has 0 aromatic heterocycles. The van der Waals surface area contributed by atoms with E-state index in [0.29, 0.717) is 12.1 Å². The maximum atomic E-state index is 13.3. The van der Waals surface area contributed by atoms with E-state index in [0.717, 1.165) is 4.90 Å². The molecule has 0 radical (unpaired) electrons. The van der Waals surface area contributed by atoms with Gasteiger partial charge >= 0.3 is 5.97 Å². The van der Waals surface area contributed by atoms with Crippen LogP contribution < -0.4 is 0 Å². The van der Waals surface area contributed by atoms with E-state index in [4.69, 9.17) is 16.3 Å². The Morgan fingerprint density at radius 2 is 2.00 bits per heavy atom. The highest BCUT2D eigenvalue weighted by Crippen LogP contribution is 2.23. The number of ether oxygens (including phenoxy) is 1. The van der Waals surface area contributed by atoms with Gasteiger partial charge in [-0.1, -0.05) is 23.7 Å². The lowest BCUT2D eigenvalue weighted by atomic mass is 10.2. The molecule has 0 fully saturated rings. The van der Waals surface area contributed by atoms with Crippen molar-refractivity contribution < 1.29 is 18.7 Å². The summed E-state index contributed by atoms with van der Waals surface area (Å²) in [6.07, 6.45) is 1.88. The van der Waals surface area contributed by atoms with Crippen LogP contribution in [0.5, 0.6) is 0 Å². The van der Waals surface area contributed by atoms with Crippen LogP contribution in [-0.4, -0.2) is 36.2 Å². The predicted octanol–water partition coefficient (Wildman–Crippen LogP) is 4.41. The molecule has 0 unspecified atom stereocenters. The average Bonchev–Trinajstić information content (AvgIpc) is 2.64. The maximum Gasteiger partial charge on any atom is 0.340 e. The van der Waals surface area contributed by atoms with E-state index >= 15 is 0 Å². The van der Waals surface area contributed by atoms with Crippen LogP contribution in [0, 0.1) is 5.82 Å². The number of likely N-dealkylation sites (N-methyl/N-ethyl adjacent to an activating group) is 1. The second-order valence-electron chi connectivity index (χ2n) is 5.46. The van der Waals surface area contributed by atoms with E-state index < -0.39 is 12.6 Å². The predicted molar refractivity (Wildman–Crippen MR) is 101 cm³/mol. The molecular weight excluding hydrogens is 377 g/mol. The highest BCUT2D eigenvalue weighted by Gasteiger charge is 2.18. The maximum absolute atomic E-state index is 13.3. The monoisotopic (exact) mass is 395 g/mol. The summed E-state index contributed by atoms with van der Waals surface area (Å²) in [5, 5.41) is 0.271. The smallest absolute Gasteiger partial charge is 0.340 e.